The van der Waals surface area contributed by atoms with E-state index in [-0.39, 0.29) is 6.10 Å². The van der Waals surface area contributed by atoms with E-state index < -0.39 is 0 Å². The number of aliphatic hydroxyl groups is 1. The molecule has 1 heteroatoms. The molecule has 0 aromatic heterocycles. The van der Waals surface area contributed by atoms with Crippen molar-refractivity contribution in [2.45, 2.75) is 71.3 Å². The molecule has 0 bridgehead atoms. The van der Waals surface area contributed by atoms with Gasteiger partial charge in [0.25, 0.3) is 0 Å². The molecule has 1 fully saturated rings. The average Bonchev–Trinajstić information content (AvgIpc) is 2.11. The van der Waals surface area contributed by atoms with Crippen LogP contribution in [-0.2, 0) is 0 Å². The Balaban J connectivity index is 2.10. The second kappa shape index (κ2) is 6.44. The molecule has 1 nitrogen and oxygen atoms in total. The van der Waals surface area contributed by atoms with Gasteiger partial charge in [0.15, 0.2) is 0 Å². The third kappa shape index (κ3) is 4.45. The van der Waals surface area contributed by atoms with E-state index in [1.54, 1.807) is 0 Å². The fourth-order valence-electron chi connectivity index (χ4n) is 2.80. The summed E-state index contributed by atoms with van der Waals surface area (Å²) in [4.78, 5) is 0. The molecule has 0 aromatic carbocycles. The molecule has 0 spiro atoms. The maximum Gasteiger partial charge on any atom is 0.0545 e. The summed E-state index contributed by atoms with van der Waals surface area (Å²) in [5.74, 6) is 1.56. The van der Waals surface area contributed by atoms with Crippen LogP contribution < -0.4 is 0 Å². The molecule has 3 unspecified atom stereocenters. The third-order valence-corrected chi connectivity index (χ3v) is 3.48. The summed E-state index contributed by atoms with van der Waals surface area (Å²) < 4.78 is 0. The van der Waals surface area contributed by atoms with Gasteiger partial charge in [-0.2, -0.15) is 0 Å². The molecule has 0 radical (unpaired) electrons. The zero-order valence-corrected chi connectivity index (χ0v) is 9.84. The molecular weight excluding hydrogens is 172 g/mol. The van der Waals surface area contributed by atoms with Crippen molar-refractivity contribution in [1.82, 2.24) is 0 Å². The van der Waals surface area contributed by atoms with Gasteiger partial charge in [-0.15, -0.1) is 0 Å². The second-order valence-corrected chi connectivity index (χ2v) is 5.18. The zero-order valence-electron chi connectivity index (χ0n) is 9.84. The van der Waals surface area contributed by atoms with Crippen molar-refractivity contribution in [2.24, 2.45) is 11.8 Å². The number of rotatable bonds is 5. The van der Waals surface area contributed by atoms with Gasteiger partial charge in [0.1, 0.15) is 0 Å². The van der Waals surface area contributed by atoms with Crippen LogP contribution in [0.2, 0.25) is 0 Å². The first kappa shape index (κ1) is 12.0. The minimum absolute atomic E-state index is 0.00470. The van der Waals surface area contributed by atoms with E-state index in [0.29, 0.717) is 0 Å². The Morgan fingerprint density at radius 2 is 1.86 bits per heavy atom. The lowest BCUT2D eigenvalue weighted by Gasteiger charge is -2.30. The largest absolute Gasteiger partial charge is 0.393 e. The van der Waals surface area contributed by atoms with Crippen LogP contribution in [0.15, 0.2) is 0 Å². The van der Waals surface area contributed by atoms with Crippen LogP contribution >= 0.6 is 0 Å². The standard InChI is InChI=1S/C13H26O/c1-3-4-5-6-7-12-8-11(2)9-13(14)10-12/h11-14H,3-10H2,1-2H3. The normalized spacial score (nSPS) is 33.2. The Morgan fingerprint density at radius 3 is 2.50 bits per heavy atom. The maximum atomic E-state index is 9.65. The summed E-state index contributed by atoms with van der Waals surface area (Å²) in [7, 11) is 0. The third-order valence-electron chi connectivity index (χ3n) is 3.48. The van der Waals surface area contributed by atoms with E-state index >= 15 is 0 Å². The summed E-state index contributed by atoms with van der Waals surface area (Å²) in [6, 6.07) is 0. The van der Waals surface area contributed by atoms with Crippen LogP contribution in [0.5, 0.6) is 0 Å². The van der Waals surface area contributed by atoms with Gasteiger partial charge < -0.3 is 5.11 Å². The molecule has 3 atom stereocenters. The molecule has 0 saturated heterocycles. The van der Waals surface area contributed by atoms with Crippen LogP contribution in [-0.4, -0.2) is 11.2 Å². The van der Waals surface area contributed by atoms with Crippen molar-refractivity contribution in [2.75, 3.05) is 0 Å². The van der Waals surface area contributed by atoms with Crippen LogP contribution in [0.4, 0.5) is 0 Å². The predicted octanol–water partition coefficient (Wildman–Crippen LogP) is 3.75. The molecule has 0 aliphatic heterocycles. The molecule has 0 aromatic rings. The lowest BCUT2D eigenvalue weighted by molar-refractivity contribution is 0.0714. The van der Waals surface area contributed by atoms with Crippen molar-refractivity contribution in [1.29, 1.82) is 0 Å². The number of hydrogen-bond donors (Lipinski definition) is 1. The van der Waals surface area contributed by atoms with Crippen LogP contribution in [0.1, 0.15) is 65.2 Å². The Labute approximate surface area is 88.9 Å². The summed E-state index contributed by atoms with van der Waals surface area (Å²) in [5, 5.41) is 9.65. The van der Waals surface area contributed by atoms with Gasteiger partial charge in [0, 0.05) is 0 Å². The Bertz CT molecular complexity index is 134. The summed E-state index contributed by atoms with van der Waals surface area (Å²) >= 11 is 0. The van der Waals surface area contributed by atoms with Crippen molar-refractivity contribution >= 4 is 0 Å². The van der Waals surface area contributed by atoms with Gasteiger partial charge in [0.2, 0.25) is 0 Å². The van der Waals surface area contributed by atoms with Gasteiger partial charge in [0.05, 0.1) is 6.10 Å². The monoisotopic (exact) mass is 198 g/mol. The van der Waals surface area contributed by atoms with Crippen molar-refractivity contribution in [3.8, 4) is 0 Å². The van der Waals surface area contributed by atoms with E-state index in [0.717, 1.165) is 24.7 Å². The quantitative estimate of drug-likeness (QED) is 0.667. The van der Waals surface area contributed by atoms with Crippen molar-refractivity contribution in [3.05, 3.63) is 0 Å². The molecular formula is C13H26O. The van der Waals surface area contributed by atoms with Crippen LogP contribution in [0.3, 0.4) is 0 Å². The number of hydrogen-bond acceptors (Lipinski definition) is 1. The van der Waals surface area contributed by atoms with Gasteiger partial charge in [-0.25, -0.2) is 0 Å². The Hall–Kier alpha value is -0.0400. The predicted molar refractivity (Wildman–Crippen MR) is 61.3 cm³/mol. The summed E-state index contributed by atoms with van der Waals surface area (Å²) in [6.07, 6.45) is 10.3. The van der Waals surface area contributed by atoms with E-state index in [9.17, 15) is 5.11 Å². The highest BCUT2D eigenvalue weighted by atomic mass is 16.3. The fourth-order valence-corrected chi connectivity index (χ4v) is 2.80. The Morgan fingerprint density at radius 1 is 1.07 bits per heavy atom. The molecule has 14 heavy (non-hydrogen) atoms. The smallest absolute Gasteiger partial charge is 0.0545 e. The van der Waals surface area contributed by atoms with Crippen LogP contribution in [0, 0.1) is 11.8 Å². The van der Waals surface area contributed by atoms with Crippen molar-refractivity contribution in [3.63, 3.8) is 0 Å². The topological polar surface area (TPSA) is 20.2 Å². The van der Waals surface area contributed by atoms with E-state index in [2.05, 4.69) is 13.8 Å². The summed E-state index contributed by atoms with van der Waals surface area (Å²) in [6.45, 7) is 4.54. The number of unbranched alkanes of at least 4 members (excludes halogenated alkanes) is 3. The van der Waals surface area contributed by atoms with E-state index in [4.69, 9.17) is 0 Å². The molecule has 1 aliphatic carbocycles. The molecule has 1 aliphatic rings. The highest BCUT2D eigenvalue weighted by Gasteiger charge is 2.24. The minimum atomic E-state index is -0.00470. The molecule has 0 heterocycles. The van der Waals surface area contributed by atoms with Crippen molar-refractivity contribution < 1.29 is 5.11 Å². The second-order valence-electron chi connectivity index (χ2n) is 5.18. The van der Waals surface area contributed by atoms with E-state index in [1.807, 2.05) is 0 Å². The van der Waals surface area contributed by atoms with Crippen LogP contribution in [0.25, 0.3) is 0 Å². The van der Waals surface area contributed by atoms with Gasteiger partial charge >= 0.3 is 0 Å². The maximum absolute atomic E-state index is 9.65. The lowest BCUT2D eigenvalue weighted by atomic mass is 9.78. The summed E-state index contributed by atoms with van der Waals surface area (Å²) in [5.41, 5.74) is 0. The van der Waals surface area contributed by atoms with E-state index in [1.165, 1.54) is 38.5 Å². The molecule has 1 rings (SSSR count). The first-order valence-electron chi connectivity index (χ1n) is 6.40. The zero-order chi connectivity index (χ0) is 10.4. The van der Waals surface area contributed by atoms with Gasteiger partial charge in [-0.3, -0.25) is 0 Å². The minimum Gasteiger partial charge on any atom is -0.393 e. The first-order chi connectivity index (χ1) is 6.72. The molecule has 1 saturated carbocycles. The molecule has 0 amide bonds. The number of aliphatic hydroxyl groups excluding tert-OH is 1. The molecule has 84 valence electrons. The lowest BCUT2D eigenvalue weighted by Crippen LogP contribution is -2.24. The Kier molecular flexibility index (Phi) is 5.54. The van der Waals surface area contributed by atoms with Gasteiger partial charge in [-0.1, -0.05) is 46.0 Å². The fraction of sp³-hybridized carbons (Fsp3) is 1.00. The first-order valence-corrected chi connectivity index (χ1v) is 6.40. The highest BCUT2D eigenvalue weighted by Crippen LogP contribution is 2.32. The highest BCUT2D eigenvalue weighted by molar-refractivity contribution is 4.76. The van der Waals surface area contributed by atoms with Gasteiger partial charge in [-0.05, 0) is 31.1 Å². The average molecular weight is 198 g/mol. The molecule has 1 N–H and O–H groups in total. The SMILES string of the molecule is CCCCCCC1CC(C)CC(O)C1.